The molecule has 3 nitrogen and oxygen atoms in total. The minimum absolute atomic E-state index is 0.161. The first-order chi connectivity index (χ1) is 7.75. The van der Waals surface area contributed by atoms with E-state index in [4.69, 9.17) is 0 Å². The average molecular weight is 222 g/mol. The van der Waals surface area contributed by atoms with Crippen molar-refractivity contribution in [2.45, 2.75) is 50.8 Å². The van der Waals surface area contributed by atoms with Crippen LogP contribution in [-0.2, 0) is 13.6 Å². The van der Waals surface area contributed by atoms with E-state index in [9.17, 15) is 5.11 Å². The molecule has 2 N–H and O–H groups in total. The molecule has 0 radical (unpaired) electrons. The molecule has 1 saturated carbocycles. The summed E-state index contributed by atoms with van der Waals surface area (Å²) in [6.07, 6.45) is 9.75. The lowest BCUT2D eigenvalue weighted by Crippen LogP contribution is -2.38. The molecule has 1 heterocycles. The van der Waals surface area contributed by atoms with Crippen LogP contribution in [-0.4, -0.2) is 21.8 Å². The standard InChI is InChI=1S/C13H22N2O/c1-15-8-7-11(10-15)9-14-12-5-3-2-4-6-13(12)16/h7-8,10,12-14,16H,2-6,9H2,1H3. The number of aryl methyl sites for hydroxylation is 1. The highest BCUT2D eigenvalue weighted by molar-refractivity contribution is 5.09. The van der Waals surface area contributed by atoms with Gasteiger partial charge in [-0.1, -0.05) is 19.3 Å². The van der Waals surface area contributed by atoms with Crippen LogP contribution in [0.1, 0.15) is 37.7 Å². The van der Waals surface area contributed by atoms with E-state index in [1.54, 1.807) is 0 Å². The number of hydrogen-bond donors (Lipinski definition) is 2. The zero-order chi connectivity index (χ0) is 11.4. The van der Waals surface area contributed by atoms with Gasteiger partial charge < -0.3 is 15.0 Å². The number of aliphatic hydroxyl groups is 1. The molecule has 0 bridgehead atoms. The molecule has 3 heteroatoms. The maximum absolute atomic E-state index is 9.96. The maximum atomic E-state index is 9.96. The number of nitrogens with zero attached hydrogens (tertiary/aromatic N) is 1. The Balaban J connectivity index is 1.83. The molecular formula is C13H22N2O. The average Bonchev–Trinajstić information content (AvgIpc) is 2.56. The second kappa shape index (κ2) is 5.51. The van der Waals surface area contributed by atoms with Crippen molar-refractivity contribution in [3.05, 3.63) is 24.0 Å². The molecule has 1 aromatic rings. The van der Waals surface area contributed by atoms with Crippen LogP contribution in [0.15, 0.2) is 18.5 Å². The SMILES string of the molecule is Cn1ccc(CNC2CCCCCC2O)c1. The summed E-state index contributed by atoms with van der Waals surface area (Å²) < 4.78 is 2.06. The fourth-order valence-electron chi connectivity index (χ4n) is 2.44. The van der Waals surface area contributed by atoms with Crippen LogP contribution < -0.4 is 5.32 Å². The van der Waals surface area contributed by atoms with Crippen molar-refractivity contribution in [2.24, 2.45) is 7.05 Å². The van der Waals surface area contributed by atoms with Crippen LogP contribution in [0.2, 0.25) is 0 Å². The molecule has 0 amide bonds. The third-order valence-corrected chi connectivity index (χ3v) is 3.44. The molecule has 90 valence electrons. The Hall–Kier alpha value is -0.800. The van der Waals surface area contributed by atoms with E-state index in [2.05, 4.69) is 28.3 Å². The van der Waals surface area contributed by atoms with Gasteiger partial charge in [0.25, 0.3) is 0 Å². The van der Waals surface area contributed by atoms with Crippen LogP contribution in [0.4, 0.5) is 0 Å². The Kier molecular flexibility index (Phi) is 4.02. The Bertz CT molecular complexity index is 321. The molecule has 2 rings (SSSR count). The number of nitrogens with one attached hydrogen (secondary N) is 1. The van der Waals surface area contributed by atoms with Gasteiger partial charge in [-0.25, -0.2) is 0 Å². The molecule has 2 unspecified atom stereocenters. The molecule has 0 spiro atoms. The first-order valence-corrected chi connectivity index (χ1v) is 6.28. The quantitative estimate of drug-likeness (QED) is 0.765. The van der Waals surface area contributed by atoms with Crippen molar-refractivity contribution >= 4 is 0 Å². The Morgan fingerprint density at radius 2 is 2.19 bits per heavy atom. The van der Waals surface area contributed by atoms with Crippen LogP contribution in [0.25, 0.3) is 0 Å². The van der Waals surface area contributed by atoms with E-state index in [0.29, 0.717) is 0 Å². The number of rotatable bonds is 3. The summed E-state index contributed by atoms with van der Waals surface area (Å²) in [5, 5.41) is 13.4. The maximum Gasteiger partial charge on any atom is 0.0693 e. The molecule has 16 heavy (non-hydrogen) atoms. The van der Waals surface area contributed by atoms with Gasteiger partial charge >= 0.3 is 0 Å². The second-order valence-electron chi connectivity index (χ2n) is 4.88. The largest absolute Gasteiger partial charge is 0.392 e. The zero-order valence-electron chi connectivity index (χ0n) is 10.0. The predicted octanol–water partition coefficient (Wildman–Crippen LogP) is 1.81. The van der Waals surface area contributed by atoms with E-state index in [0.717, 1.165) is 19.4 Å². The highest BCUT2D eigenvalue weighted by Gasteiger charge is 2.20. The first kappa shape index (κ1) is 11.7. The highest BCUT2D eigenvalue weighted by Crippen LogP contribution is 2.18. The highest BCUT2D eigenvalue weighted by atomic mass is 16.3. The third-order valence-electron chi connectivity index (χ3n) is 3.44. The molecule has 1 aliphatic rings. The molecule has 0 saturated heterocycles. The number of hydrogen-bond acceptors (Lipinski definition) is 2. The van der Waals surface area contributed by atoms with Gasteiger partial charge in [0.15, 0.2) is 0 Å². The number of aliphatic hydroxyl groups excluding tert-OH is 1. The van der Waals surface area contributed by atoms with Gasteiger partial charge in [-0.3, -0.25) is 0 Å². The van der Waals surface area contributed by atoms with Crippen molar-refractivity contribution in [3.8, 4) is 0 Å². The monoisotopic (exact) mass is 222 g/mol. The van der Waals surface area contributed by atoms with Gasteiger partial charge in [-0.05, 0) is 24.5 Å². The molecule has 1 aliphatic carbocycles. The lowest BCUT2D eigenvalue weighted by Gasteiger charge is -2.21. The van der Waals surface area contributed by atoms with Crippen LogP contribution in [0.5, 0.6) is 0 Å². The third kappa shape index (κ3) is 3.09. The van der Waals surface area contributed by atoms with Crippen LogP contribution in [0.3, 0.4) is 0 Å². The summed E-state index contributed by atoms with van der Waals surface area (Å²) in [7, 11) is 2.03. The van der Waals surface area contributed by atoms with Crippen LogP contribution in [0, 0.1) is 0 Å². The lowest BCUT2D eigenvalue weighted by atomic mass is 10.1. The molecular weight excluding hydrogens is 200 g/mol. The van der Waals surface area contributed by atoms with Gasteiger partial charge in [0.2, 0.25) is 0 Å². The van der Waals surface area contributed by atoms with Gasteiger partial charge in [-0.2, -0.15) is 0 Å². The lowest BCUT2D eigenvalue weighted by molar-refractivity contribution is 0.119. The predicted molar refractivity (Wildman–Crippen MR) is 65.1 cm³/mol. The van der Waals surface area contributed by atoms with Crippen molar-refractivity contribution in [1.29, 1.82) is 0 Å². The van der Waals surface area contributed by atoms with Gasteiger partial charge in [-0.15, -0.1) is 0 Å². The summed E-state index contributed by atoms with van der Waals surface area (Å²) in [6.45, 7) is 0.864. The van der Waals surface area contributed by atoms with E-state index in [1.165, 1.54) is 24.8 Å². The molecule has 1 aromatic heterocycles. The fraction of sp³-hybridized carbons (Fsp3) is 0.692. The molecule has 0 aromatic carbocycles. The Labute approximate surface area is 97.5 Å². The normalized spacial score (nSPS) is 26.6. The summed E-state index contributed by atoms with van der Waals surface area (Å²) in [5.41, 5.74) is 1.29. The Morgan fingerprint density at radius 3 is 2.94 bits per heavy atom. The fourth-order valence-corrected chi connectivity index (χ4v) is 2.44. The second-order valence-corrected chi connectivity index (χ2v) is 4.88. The van der Waals surface area contributed by atoms with Crippen molar-refractivity contribution in [3.63, 3.8) is 0 Å². The van der Waals surface area contributed by atoms with E-state index in [1.807, 2.05) is 7.05 Å². The first-order valence-electron chi connectivity index (χ1n) is 6.28. The summed E-state index contributed by atoms with van der Waals surface area (Å²) >= 11 is 0. The number of aromatic nitrogens is 1. The molecule has 1 fully saturated rings. The van der Waals surface area contributed by atoms with Gasteiger partial charge in [0.1, 0.15) is 0 Å². The molecule has 2 atom stereocenters. The zero-order valence-corrected chi connectivity index (χ0v) is 10.0. The molecule has 0 aliphatic heterocycles. The summed E-state index contributed by atoms with van der Waals surface area (Å²) in [5.74, 6) is 0. The van der Waals surface area contributed by atoms with E-state index < -0.39 is 0 Å². The minimum atomic E-state index is -0.161. The Morgan fingerprint density at radius 1 is 1.38 bits per heavy atom. The van der Waals surface area contributed by atoms with Crippen LogP contribution >= 0.6 is 0 Å². The summed E-state index contributed by atoms with van der Waals surface area (Å²) in [4.78, 5) is 0. The van der Waals surface area contributed by atoms with E-state index >= 15 is 0 Å². The van der Waals surface area contributed by atoms with Gasteiger partial charge in [0.05, 0.1) is 6.10 Å². The van der Waals surface area contributed by atoms with E-state index in [-0.39, 0.29) is 12.1 Å². The smallest absolute Gasteiger partial charge is 0.0693 e. The van der Waals surface area contributed by atoms with Crippen molar-refractivity contribution in [1.82, 2.24) is 9.88 Å². The van der Waals surface area contributed by atoms with Crippen molar-refractivity contribution < 1.29 is 5.11 Å². The van der Waals surface area contributed by atoms with Crippen molar-refractivity contribution in [2.75, 3.05) is 0 Å². The minimum Gasteiger partial charge on any atom is -0.392 e. The topological polar surface area (TPSA) is 37.2 Å². The summed E-state index contributed by atoms with van der Waals surface area (Å²) in [6, 6.07) is 2.40. The van der Waals surface area contributed by atoms with Gasteiger partial charge in [0, 0.05) is 32.0 Å².